The summed E-state index contributed by atoms with van der Waals surface area (Å²) in [5.41, 5.74) is 10.3. The van der Waals surface area contributed by atoms with Crippen LogP contribution in [-0.2, 0) is 6.42 Å². The van der Waals surface area contributed by atoms with Gasteiger partial charge in [0.25, 0.3) is 5.91 Å². The first-order valence-corrected chi connectivity index (χ1v) is 6.78. The van der Waals surface area contributed by atoms with E-state index in [1.165, 1.54) is 5.56 Å². The fraction of sp³-hybridized carbons (Fsp3) is 0.235. The number of nitrogens with two attached hydrogens (primary N) is 1. The van der Waals surface area contributed by atoms with E-state index in [0.29, 0.717) is 12.1 Å². The van der Waals surface area contributed by atoms with Crippen LogP contribution in [0.3, 0.4) is 0 Å². The average Bonchev–Trinajstić information content (AvgIpc) is 2.41. The van der Waals surface area contributed by atoms with E-state index in [4.69, 9.17) is 5.73 Å². The van der Waals surface area contributed by atoms with E-state index in [1.54, 1.807) is 0 Å². The van der Waals surface area contributed by atoms with Crippen molar-refractivity contribution in [3.63, 3.8) is 0 Å². The second kappa shape index (κ2) is 6.35. The van der Waals surface area contributed by atoms with Crippen molar-refractivity contribution in [2.75, 3.05) is 11.9 Å². The van der Waals surface area contributed by atoms with Crippen LogP contribution < -0.4 is 11.1 Å². The zero-order valence-electron chi connectivity index (χ0n) is 11.9. The molecule has 0 aliphatic carbocycles. The van der Waals surface area contributed by atoms with Gasteiger partial charge in [-0.3, -0.25) is 4.79 Å². The first-order valence-electron chi connectivity index (χ1n) is 6.78. The van der Waals surface area contributed by atoms with E-state index in [1.807, 2.05) is 56.3 Å². The highest BCUT2D eigenvalue weighted by atomic mass is 16.1. The molecule has 1 amide bonds. The van der Waals surface area contributed by atoms with Gasteiger partial charge in [-0.05, 0) is 56.1 Å². The number of nitrogens with one attached hydrogen (secondary N) is 1. The Labute approximate surface area is 119 Å². The molecule has 3 N–H and O–H groups in total. The molecule has 0 bridgehead atoms. The van der Waals surface area contributed by atoms with E-state index < -0.39 is 0 Å². The van der Waals surface area contributed by atoms with E-state index in [9.17, 15) is 4.79 Å². The monoisotopic (exact) mass is 268 g/mol. The van der Waals surface area contributed by atoms with Gasteiger partial charge >= 0.3 is 0 Å². The smallest absolute Gasteiger partial charge is 0.255 e. The Morgan fingerprint density at radius 3 is 2.40 bits per heavy atom. The summed E-state index contributed by atoms with van der Waals surface area (Å²) in [6, 6.07) is 13.6. The van der Waals surface area contributed by atoms with Crippen LogP contribution in [0.1, 0.15) is 27.0 Å². The third-order valence-electron chi connectivity index (χ3n) is 3.27. The second-order valence-electron chi connectivity index (χ2n) is 5.01. The topological polar surface area (TPSA) is 55.1 Å². The van der Waals surface area contributed by atoms with Crippen LogP contribution in [0.25, 0.3) is 0 Å². The van der Waals surface area contributed by atoms with Gasteiger partial charge in [-0.2, -0.15) is 0 Å². The molecule has 0 aromatic heterocycles. The Hall–Kier alpha value is -2.13. The Morgan fingerprint density at radius 1 is 1.10 bits per heavy atom. The molecule has 104 valence electrons. The predicted molar refractivity (Wildman–Crippen MR) is 83.1 cm³/mol. The van der Waals surface area contributed by atoms with E-state index in [2.05, 4.69) is 5.32 Å². The maximum Gasteiger partial charge on any atom is 0.255 e. The highest BCUT2D eigenvalue weighted by molar-refractivity contribution is 6.05. The first-order chi connectivity index (χ1) is 9.60. The Kier molecular flexibility index (Phi) is 4.53. The summed E-state index contributed by atoms with van der Waals surface area (Å²) in [5, 5.41) is 2.92. The third-order valence-corrected chi connectivity index (χ3v) is 3.27. The highest BCUT2D eigenvalue weighted by Gasteiger charge is 2.09. The van der Waals surface area contributed by atoms with Gasteiger partial charge in [0.15, 0.2) is 0 Å². The molecule has 0 aliphatic rings. The van der Waals surface area contributed by atoms with Gasteiger partial charge < -0.3 is 11.1 Å². The van der Waals surface area contributed by atoms with Crippen LogP contribution in [-0.4, -0.2) is 12.5 Å². The number of carbonyl (C=O) groups excluding carboxylic acids is 1. The van der Waals surface area contributed by atoms with Gasteiger partial charge in [0.05, 0.1) is 0 Å². The standard InChI is InChI=1S/C17H20N2O/c1-12-3-8-16(13(2)11-12)17(20)19-15-6-4-14(5-7-15)9-10-18/h3-8,11H,9-10,18H2,1-2H3,(H,19,20). The summed E-state index contributed by atoms with van der Waals surface area (Å²) in [7, 11) is 0. The molecule has 0 radical (unpaired) electrons. The zero-order valence-corrected chi connectivity index (χ0v) is 11.9. The SMILES string of the molecule is Cc1ccc(C(=O)Nc2ccc(CCN)cc2)c(C)c1. The first kappa shape index (κ1) is 14.3. The van der Waals surface area contributed by atoms with Gasteiger partial charge in [0, 0.05) is 11.3 Å². The molecule has 0 spiro atoms. The minimum absolute atomic E-state index is 0.0749. The lowest BCUT2D eigenvalue weighted by Crippen LogP contribution is -2.13. The average molecular weight is 268 g/mol. The Bertz CT molecular complexity index is 603. The molecule has 0 saturated carbocycles. The molecule has 2 aromatic carbocycles. The van der Waals surface area contributed by atoms with Crippen molar-refractivity contribution in [3.05, 3.63) is 64.7 Å². The van der Waals surface area contributed by atoms with Gasteiger partial charge in [0.2, 0.25) is 0 Å². The number of carbonyl (C=O) groups is 1. The fourth-order valence-electron chi connectivity index (χ4n) is 2.19. The molecule has 0 aliphatic heterocycles. The van der Waals surface area contributed by atoms with Gasteiger partial charge in [-0.1, -0.05) is 29.8 Å². The van der Waals surface area contributed by atoms with E-state index in [0.717, 1.165) is 23.2 Å². The number of benzene rings is 2. The summed E-state index contributed by atoms with van der Waals surface area (Å²) in [6.07, 6.45) is 0.852. The number of hydrogen-bond donors (Lipinski definition) is 2. The molecule has 0 unspecified atom stereocenters. The van der Waals surface area contributed by atoms with Crippen LogP contribution in [0.2, 0.25) is 0 Å². The van der Waals surface area contributed by atoms with Gasteiger partial charge in [-0.25, -0.2) is 0 Å². The number of rotatable bonds is 4. The predicted octanol–water partition coefficient (Wildman–Crippen LogP) is 3.06. The molecule has 2 aromatic rings. The highest BCUT2D eigenvalue weighted by Crippen LogP contribution is 2.15. The minimum Gasteiger partial charge on any atom is -0.330 e. The molecular weight excluding hydrogens is 248 g/mol. The molecular formula is C17H20N2O. The third kappa shape index (κ3) is 3.45. The van der Waals surface area contributed by atoms with Crippen LogP contribution in [0, 0.1) is 13.8 Å². The van der Waals surface area contributed by atoms with Crippen molar-refractivity contribution >= 4 is 11.6 Å². The van der Waals surface area contributed by atoms with Crippen molar-refractivity contribution < 1.29 is 4.79 Å². The van der Waals surface area contributed by atoms with Crippen molar-refractivity contribution in [1.82, 2.24) is 0 Å². The molecule has 0 saturated heterocycles. The largest absolute Gasteiger partial charge is 0.330 e. The van der Waals surface area contributed by atoms with Gasteiger partial charge in [0.1, 0.15) is 0 Å². The summed E-state index contributed by atoms with van der Waals surface area (Å²) in [6.45, 7) is 4.60. The van der Waals surface area contributed by atoms with Gasteiger partial charge in [-0.15, -0.1) is 0 Å². The van der Waals surface area contributed by atoms with E-state index in [-0.39, 0.29) is 5.91 Å². The summed E-state index contributed by atoms with van der Waals surface area (Å²) in [4.78, 5) is 12.2. The van der Waals surface area contributed by atoms with Crippen LogP contribution in [0.15, 0.2) is 42.5 Å². The second-order valence-corrected chi connectivity index (χ2v) is 5.01. The molecule has 3 nitrogen and oxygen atoms in total. The number of hydrogen-bond acceptors (Lipinski definition) is 2. The minimum atomic E-state index is -0.0749. The lowest BCUT2D eigenvalue weighted by atomic mass is 10.0. The van der Waals surface area contributed by atoms with Crippen LogP contribution in [0.5, 0.6) is 0 Å². The molecule has 3 heteroatoms. The normalized spacial score (nSPS) is 10.3. The van der Waals surface area contributed by atoms with E-state index >= 15 is 0 Å². The lowest BCUT2D eigenvalue weighted by Gasteiger charge is -2.09. The van der Waals surface area contributed by atoms with Crippen molar-refractivity contribution in [2.24, 2.45) is 5.73 Å². The molecule has 0 heterocycles. The number of amides is 1. The zero-order chi connectivity index (χ0) is 14.5. The lowest BCUT2D eigenvalue weighted by molar-refractivity contribution is 0.102. The van der Waals surface area contributed by atoms with Crippen LogP contribution >= 0.6 is 0 Å². The summed E-state index contributed by atoms with van der Waals surface area (Å²) >= 11 is 0. The maximum absolute atomic E-state index is 12.2. The van der Waals surface area contributed by atoms with Crippen molar-refractivity contribution in [2.45, 2.75) is 20.3 Å². The number of anilines is 1. The molecule has 2 rings (SSSR count). The Morgan fingerprint density at radius 2 is 1.80 bits per heavy atom. The Balaban J connectivity index is 2.11. The summed E-state index contributed by atoms with van der Waals surface area (Å²) in [5.74, 6) is -0.0749. The molecule has 20 heavy (non-hydrogen) atoms. The van der Waals surface area contributed by atoms with Crippen molar-refractivity contribution in [1.29, 1.82) is 0 Å². The number of aryl methyl sites for hydroxylation is 2. The van der Waals surface area contributed by atoms with Crippen LogP contribution in [0.4, 0.5) is 5.69 Å². The molecule has 0 atom stereocenters. The fourth-order valence-corrected chi connectivity index (χ4v) is 2.19. The summed E-state index contributed by atoms with van der Waals surface area (Å²) < 4.78 is 0. The maximum atomic E-state index is 12.2. The van der Waals surface area contributed by atoms with Crippen molar-refractivity contribution in [3.8, 4) is 0 Å². The quantitative estimate of drug-likeness (QED) is 0.895. The molecule has 0 fully saturated rings.